The van der Waals surface area contributed by atoms with Gasteiger partial charge < -0.3 is 22.2 Å². The normalized spacial score (nSPS) is 30.1. The molecular weight excluding hydrogens is 404 g/mol. The molecular formula is C27H51ClN2O. The maximum Gasteiger partial charge on any atom is 0.230 e. The van der Waals surface area contributed by atoms with E-state index >= 15 is 0 Å². The lowest BCUT2D eigenvalue weighted by Crippen LogP contribution is -3.00. The summed E-state index contributed by atoms with van der Waals surface area (Å²) in [4.78, 5) is 13.6. The van der Waals surface area contributed by atoms with Gasteiger partial charge in [0.15, 0.2) is 6.17 Å². The predicted octanol–water partition coefficient (Wildman–Crippen LogP) is 3.67. The number of hydrogen-bond acceptors (Lipinski definition) is 1. The average Bonchev–Trinajstić information content (AvgIpc) is 2.72. The first-order valence-corrected chi connectivity index (χ1v) is 13.6. The van der Waals surface area contributed by atoms with Crippen molar-refractivity contribution < 1.29 is 21.7 Å². The summed E-state index contributed by atoms with van der Waals surface area (Å²) < 4.78 is 1.05. The molecule has 4 aliphatic rings. The van der Waals surface area contributed by atoms with Gasteiger partial charge in [0.1, 0.15) is 0 Å². The van der Waals surface area contributed by atoms with Crippen LogP contribution < -0.4 is 17.7 Å². The highest BCUT2D eigenvalue weighted by atomic mass is 35.5. The van der Waals surface area contributed by atoms with Gasteiger partial charge in [-0.1, -0.05) is 45.4 Å². The third-order valence-corrected chi connectivity index (χ3v) is 9.40. The quantitative estimate of drug-likeness (QED) is 0.242. The van der Waals surface area contributed by atoms with E-state index in [-0.39, 0.29) is 24.0 Å². The van der Waals surface area contributed by atoms with E-state index in [1.807, 2.05) is 0 Å². The fraction of sp³-hybridized carbons (Fsp3) is 0.963. The van der Waals surface area contributed by atoms with Crippen molar-refractivity contribution in [3.05, 3.63) is 0 Å². The Morgan fingerprint density at radius 2 is 1.29 bits per heavy atom. The monoisotopic (exact) mass is 454 g/mol. The van der Waals surface area contributed by atoms with Gasteiger partial charge in [-0.25, -0.2) is 0 Å². The van der Waals surface area contributed by atoms with Gasteiger partial charge in [0, 0.05) is 6.92 Å². The zero-order valence-corrected chi connectivity index (χ0v) is 21.8. The van der Waals surface area contributed by atoms with Crippen LogP contribution in [-0.2, 0) is 4.79 Å². The molecule has 0 saturated heterocycles. The molecule has 0 spiro atoms. The number of nitrogens with zero attached hydrogens (tertiary/aromatic N) is 1. The number of unbranched alkanes of at least 4 members (excludes halogenated alkanes) is 7. The number of nitrogens with one attached hydrogen (secondary N) is 1. The zero-order chi connectivity index (χ0) is 21.6. The Labute approximate surface area is 199 Å². The average molecular weight is 455 g/mol. The van der Waals surface area contributed by atoms with Gasteiger partial charge in [-0.2, -0.15) is 0 Å². The van der Waals surface area contributed by atoms with Gasteiger partial charge in [0.25, 0.3) is 0 Å². The lowest BCUT2D eigenvalue weighted by Gasteiger charge is -2.56. The summed E-state index contributed by atoms with van der Waals surface area (Å²) in [6.07, 6.45) is 19.0. The van der Waals surface area contributed by atoms with Crippen LogP contribution in [0.5, 0.6) is 0 Å². The minimum atomic E-state index is -0.0152. The van der Waals surface area contributed by atoms with Gasteiger partial charge in [0.05, 0.1) is 25.0 Å². The maximum atomic E-state index is 13.6. The van der Waals surface area contributed by atoms with Gasteiger partial charge >= 0.3 is 0 Å². The summed E-state index contributed by atoms with van der Waals surface area (Å²) in [5, 5.41) is 3.59. The van der Waals surface area contributed by atoms with E-state index in [1.54, 1.807) is 0 Å². The zero-order valence-electron chi connectivity index (χ0n) is 21.1. The Morgan fingerprint density at radius 1 is 0.839 bits per heavy atom. The van der Waals surface area contributed by atoms with Gasteiger partial charge in [-0.3, -0.25) is 4.79 Å². The third kappa shape index (κ3) is 6.40. The second kappa shape index (κ2) is 12.3. The smallest absolute Gasteiger partial charge is 0.230 e. The fourth-order valence-electron chi connectivity index (χ4n) is 7.71. The van der Waals surface area contributed by atoms with Crippen molar-refractivity contribution in [2.75, 3.05) is 19.6 Å². The molecule has 0 aromatic carbocycles. The van der Waals surface area contributed by atoms with Crippen molar-refractivity contribution in [2.24, 2.45) is 23.2 Å². The second-order valence-corrected chi connectivity index (χ2v) is 11.4. The van der Waals surface area contributed by atoms with Crippen LogP contribution in [0.15, 0.2) is 0 Å². The molecule has 0 aromatic rings. The van der Waals surface area contributed by atoms with Crippen molar-refractivity contribution >= 4 is 5.91 Å². The molecule has 4 aliphatic carbocycles. The molecule has 0 aromatic heterocycles. The Balaban J connectivity index is 0.00000341. The molecule has 4 rings (SSSR count). The first kappa shape index (κ1) is 27.0. The molecule has 182 valence electrons. The number of quaternary nitrogens is 1. The van der Waals surface area contributed by atoms with Crippen LogP contribution in [0.25, 0.3) is 0 Å². The van der Waals surface area contributed by atoms with Gasteiger partial charge in [0.2, 0.25) is 5.91 Å². The highest BCUT2D eigenvalue weighted by Crippen LogP contribution is 2.60. The number of carbonyl (C=O) groups excluding carboxylic acids is 1. The first-order chi connectivity index (χ1) is 14.5. The Hall–Kier alpha value is -0.280. The summed E-state index contributed by atoms with van der Waals surface area (Å²) in [6.45, 7) is 12.7. The molecule has 1 N–H and O–H groups in total. The third-order valence-electron chi connectivity index (χ3n) is 9.40. The molecule has 3 nitrogen and oxygen atoms in total. The van der Waals surface area contributed by atoms with E-state index in [2.05, 4.69) is 33.0 Å². The molecule has 1 amide bonds. The van der Waals surface area contributed by atoms with E-state index in [9.17, 15) is 4.79 Å². The highest BCUT2D eigenvalue weighted by Gasteiger charge is 2.55. The molecule has 0 radical (unpaired) electrons. The van der Waals surface area contributed by atoms with Crippen LogP contribution in [0.4, 0.5) is 0 Å². The first-order valence-electron chi connectivity index (χ1n) is 13.6. The summed E-state index contributed by atoms with van der Waals surface area (Å²) in [6, 6.07) is 0. The van der Waals surface area contributed by atoms with E-state index in [0.29, 0.717) is 5.91 Å². The Bertz CT molecular complexity index is 510. The SMILES string of the molecule is CCCCCCCCCC[N+](CC)(CC)C(C)NC(=O)C12CC3CC(CC(C3)C1)C2.[Cl-]. The van der Waals surface area contributed by atoms with Crippen molar-refractivity contribution in [1.82, 2.24) is 5.32 Å². The lowest BCUT2D eigenvalue weighted by atomic mass is 9.49. The van der Waals surface area contributed by atoms with Crippen LogP contribution in [0.2, 0.25) is 0 Å². The fourth-order valence-corrected chi connectivity index (χ4v) is 7.71. The lowest BCUT2D eigenvalue weighted by molar-refractivity contribution is -0.948. The standard InChI is InChI=1S/C27H50N2O.ClH/c1-5-8-9-10-11-12-13-14-15-29(6-2,7-3)22(4)28-26(30)27-19-23-16-24(20-27)18-25(17-23)21-27;/h22-25H,5-21H2,1-4H3;1H. The molecule has 0 heterocycles. The topological polar surface area (TPSA) is 29.1 Å². The predicted molar refractivity (Wildman–Crippen MR) is 127 cm³/mol. The molecule has 31 heavy (non-hydrogen) atoms. The van der Waals surface area contributed by atoms with Crippen LogP contribution in [0.3, 0.4) is 0 Å². The Morgan fingerprint density at radius 3 is 1.74 bits per heavy atom. The van der Waals surface area contributed by atoms with Crippen LogP contribution in [0, 0.1) is 23.2 Å². The van der Waals surface area contributed by atoms with Crippen molar-refractivity contribution in [1.29, 1.82) is 0 Å². The van der Waals surface area contributed by atoms with E-state index in [4.69, 9.17) is 0 Å². The second-order valence-electron chi connectivity index (χ2n) is 11.4. The molecule has 4 heteroatoms. The summed E-state index contributed by atoms with van der Waals surface area (Å²) in [7, 11) is 0. The minimum Gasteiger partial charge on any atom is -1.00 e. The van der Waals surface area contributed by atoms with Gasteiger partial charge in [-0.15, -0.1) is 0 Å². The number of halogens is 1. The largest absolute Gasteiger partial charge is 1.00 e. The van der Waals surface area contributed by atoms with E-state index in [1.165, 1.54) is 96.4 Å². The van der Waals surface area contributed by atoms with Crippen LogP contribution in [-0.4, -0.2) is 36.2 Å². The van der Waals surface area contributed by atoms with Gasteiger partial charge in [-0.05, 0) is 83.0 Å². The maximum absolute atomic E-state index is 13.6. The highest BCUT2D eigenvalue weighted by molar-refractivity contribution is 5.83. The van der Waals surface area contributed by atoms with Crippen LogP contribution >= 0.6 is 0 Å². The number of amides is 1. The minimum absolute atomic E-state index is 0. The number of rotatable bonds is 14. The number of carbonyl (C=O) groups is 1. The number of hydrogen-bond donors (Lipinski definition) is 1. The summed E-state index contributed by atoms with van der Waals surface area (Å²) in [5.74, 6) is 2.93. The van der Waals surface area contributed by atoms with E-state index in [0.717, 1.165) is 35.3 Å². The van der Waals surface area contributed by atoms with Crippen molar-refractivity contribution in [3.8, 4) is 0 Å². The molecule has 1 unspecified atom stereocenters. The van der Waals surface area contributed by atoms with Crippen LogP contribution in [0.1, 0.15) is 118 Å². The summed E-state index contributed by atoms with van der Waals surface area (Å²) >= 11 is 0. The molecule has 4 saturated carbocycles. The summed E-state index contributed by atoms with van der Waals surface area (Å²) in [5.41, 5.74) is -0.0152. The molecule has 1 atom stereocenters. The Kier molecular flexibility index (Phi) is 10.7. The van der Waals surface area contributed by atoms with Crippen molar-refractivity contribution in [3.63, 3.8) is 0 Å². The molecule has 4 fully saturated rings. The van der Waals surface area contributed by atoms with E-state index < -0.39 is 0 Å². The molecule has 4 bridgehead atoms. The van der Waals surface area contributed by atoms with Crippen molar-refractivity contribution in [2.45, 2.75) is 124 Å². The molecule has 0 aliphatic heterocycles.